The average molecular weight is 368 g/mol. The van der Waals surface area contributed by atoms with Gasteiger partial charge in [0, 0.05) is 18.8 Å². The summed E-state index contributed by atoms with van der Waals surface area (Å²) in [6.45, 7) is 9.40. The Balaban J connectivity index is 1.76. The van der Waals surface area contributed by atoms with Crippen LogP contribution in [0.2, 0.25) is 0 Å². The Hall–Kier alpha value is -2.63. The number of hydrogen-bond acceptors (Lipinski definition) is 3. The van der Waals surface area contributed by atoms with E-state index in [4.69, 9.17) is 0 Å². The SMILES string of the molecule is Cc1cc(C)n(C(C)C(=O)Nc2ccccc2C(=O)N2CCC(C)CC2)n1. The number of aromatic nitrogens is 2. The van der Waals surface area contributed by atoms with Crippen LogP contribution >= 0.6 is 0 Å². The highest BCUT2D eigenvalue weighted by Gasteiger charge is 2.25. The Morgan fingerprint density at radius 3 is 2.48 bits per heavy atom. The van der Waals surface area contributed by atoms with Gasteiger partial charge < -0.3 is 10.2 Å². The summed E-state index contributed by atoms with van der Waals surface area (Å²) >= 11 is 0. The molecule has 27 heavy (non-hydrogen) atoms. The van der Waals surface area contributed by atoms with Crippen molar-refractivity contribution in [3.8, 4) is 0 Å². The van der Waals surface area contributed by atoms with Crippen molar-refractivity contribution in [2.24, 2.45) is 5.92 Å². The fraction of sp³-hybridized carbons (Fsp3) is 0.476. The van der Waals surface area contributed by atoms with Crippen LogP contribution in [0.5, 0.6) is 0 Å². The first-order valence-electron chi connectivity index (χ1n) is 9.58. The highest BCUT2D eigenvalue weighted by atomic mass is 16.2. The zero-order valence-electron chi connectivity index (χ0n) is 16.5. The monoisotopic (exact) mass is 368 g/mol. The van der Waals surface area contributed by atoms with Gasteiger partial charge in [-0.1, -0.05) is 19.1 Å². The molecule has 1 aliphatic rings. The van der Waals surface area contributed by atoms with E-state index in [0.717, 1.165) is 37.3 Å². The molecule has 2 aromatic rings. The van der Waals surface area contributed by atoms with Crippen molar-refractivity contribution in [3.05, 3.63) is 47.3 Å². The second-order valence-electron chi connectivity index (χ2n) is 7.56. The van der Waals surface area contributed by atoms with Gasteiger partial charge in [0.05, 0.1) is 16.9 Å². The smallest absolute Gasteiger partial charge is 0.255 e. The van der Waals surface area contributed by atoms with E-state index in [-0.39, 0.29) is 11.8 Å². The highest BCUT2D eigenvalue weighted by Crippen LogP contribution is 2.23. The molecule has 2 amide bonds. The lowest BCUT2D eigenvalue weighted by Crippen LogP contribution is -2.38. The maximum Gasteiger partial charge on any atom is 0.255 e. The summed E-state index contributed by atoms with van der Waals surface area (Å²) in [5.41, 5.74) is 2.91. The maximum absolute atomic E-state index is 13.0. The van der Waals surface area contributed by atoms with Crippen LogP contribution in [0.25, 0.3) is 0 Å². The van der Waals surface area contributed by atoms with Gasteiger partial charge in [0.25, 0.3) is 5.91 Å². The summed E-state index contributed by atoms with van der Waals surface area (Å²) in [6, 6.07) is 8.71. The van der Waals surface area contributed by atoms with Crippen LogP contribution in [0.3, 0.4) is 0 Å². The lowest BCUT2D eigenvalue weighted by Gasteiger charge is -2.31. The van der Waals surface area contributed by atoms with Crippen molar-refractivity contribution in [1.82, 2.24) is 14.7 Å². The van der Waals surface area contributed by atoms with Gasteiger partial charge >= 0.3 is 0 Å². The van der Waals surface area contributed by atoms with E-state index >= 15 is 0 Å². The number of anilines is 1. The number of nitrogens with zero attached hydrogens (tertiary/aromatic N) is 3. The topological polar surface area (TPSA) is 67.2 Å². The molecular formula is C21H28N4O2. The molecule has 1 unspecified atom stereocenters. The molecule has 6 nitrogen and oxygen atoms in total. The molecule has 0 spiro atoms. The van der Waals surface area contributed by atoms with Crippen molar-refractivity contribution in [2.75, 3.05) is 18.4 Å². The number of hydrogen-bond donors (Lipinski definition) is 1. The van der Waals surface area contributed by atoms with Crippen LogP contribution in [0.15, 0.2) is 30.3 Å². The van der Waals surface area contributed by atoms with Gasteiger partial charge in [0.1, 0.15) is 6.04 Å². The van der Waals surface area contributed by atoms with Gasteiger partial charge in [-0.15, -0.1) is 0 Å². The molecule has 1 aromatic heterocycles. The first kappa shape index (κ1) is 19.1. The van der Waals surface area contributed by atoms with Crippen molar-refractivity contribution in [3.63, 3.8) is 0 Å². The molecule has 1 fully saturated rings. The number of piperidine rings is 1. The van der Waals surface area contributed by atoms with Crippen molar-refractivity contribution in [1.29, 1.82) is 0 Å². The molecule has 1 N–H and O–H groups in total. The fourth-order valence-corrected chi connectivity index (χ4v) is 3.55. The van der Waals surface area contributed by atoms with E-state index in [1.54, 1.807) is 16.8 Å². The first-order valence-corrected chi connectivity index (χ1v) is 9.58. The number of aryl methyl sites for hydroxylation is 2. The predicted octanol–water partition coefficient (Wildman–Crippen LogP) is 3.57. The van der Waals surface area contributed by atoms with E-state index in [1.807, 2.05) is 43.9 Å². The average Bonchev–Trinajstić information content (AvgIpc) is 2.99. The summed E-state index contributed by atoms with van der Waals surface area (Å²) in [5, 5.41) is 7.32. The second-order valence-corrected chi connectivity index (χ2v) is 7.56. The highest BCUT2D eigenvalue weighted by molar-refractivity contribution is 6.04. The van der Waals surface area contributed by atoms with Gasteiger partial charge in [-0.3, -0.25) is 14.3 Å². The normalized spacial score (nSPS) is 16.2. The number of nitrogens with one attached hydrogen (secondary N) is 1. The molecular weight excluding hydrogens is 340 g/mol. The summed E-state index contributed by atoms with van der Waals surface area (Å²) in [4.78, 5) is 27.6. The third-order valence-electron chi connectivity index (χ3n) is 5.28. The van der Waals surface area contributed by atoms with Crippen molar-refractivity contribution < 1.29 is 9.59 Å². The van der Waals surface area contributed by atoms with Crippen LogP contribution in [-0.4, -0.2) is 39.6 Å². The molecule has 1 aromatic carbocycles. The zero-order chi connectivity index (χ0) is 19.6. The molecule has 1 aliphatic heterocycles. The van der Waals surface area contributed by atoms with Gasteiger partial charge in [0.2, 0.25) is 5.91 Å². The van der Waals surface area contributed by atoms with E-state index < -0.39 is 6.04 Å². The minimum absolute atomic E-state index is 0.0171. The van der Waals surface area contributed by atoms with Gasteiger partial charge in [-0.2, -0.15) is 5.10 Å². The number of amides is 2. The molecule has 0 bridgehead atoms. The summed E-state index contributed by atoms with van der Waals surface area (Å²) in [5.74, 6) is 0.455. The lowest BCUT2D eigenvalue weighted by molar-refractivity contribution is -0.119. The van der Waals surface area contributed by atoms with Gasteiger partial charge in [-0.05, 0) is 57.7 Å². The van der Waals surface area contributed by atoms with E-state index in [0.29, 0.717) is 17.2 Å². The molecule has 1 saturated heterocycles. The second kappa shape index (κ2) is 7.94. The Bertz CT molecular complexity index is 834. The molecule has 6 heteroatoms. The van der Waals surface area contributed by atoms with Crippen molar-refractivity contribution in [2.45, 2.75) is 46.6 Å². The quantitative estimate of drug-likeness (QED) is 0.897. The standard InChI is InChI=1S/C21H28N4O2/c1-14-9-11-24(12-10-14)21(27)18-7-5-6-8-19(18)22-20(26)17(4)25-16(3)13-15(2)23-25/h5-8,13-14,17H,9-12H2,1-4H3,(H,22,26). The van der Waals surface area contributed by atoms with Gasteiger partial charge in [0.15, 0.2) is 0 Å². The molecule has 3 rings (SSSR count). The number of carbonyl (C=O) groups is 2. The molecule has 1 atom stereocenters. The molecule has 2 heterocycles. The largest absolute Gasteiger partial charge is 0.339 e. The van der Waals surface area contributed by atoms with E-state index in [9.17, 15) is 9.59 Å². The van der Waals surface area contributed by atoms with Crippen LogP contribution in [0.4, 0.5) is 5.69 Å². The lowest BCUT2D eigenvalue weighted by atomic mass is 9.98. The Labute approximate surface area is 160 Å². The van der Waals surface area contributed by atoms with Crippen LogP contribution in [-0.2, 0) is 4.79 Å². The number of carbonyl (C=O) groups excluding carboxylic acids is 2. The molecule has 0 radical (unpaired) electrons. The summed E-state index contributed by atoms with van der Waals surface area (Å²) in [7, 11) is 0. The summed E-state index contributed by atoms with van der Waals surface area (Å²) in [6.07, 6.45) is 2.05. The first-order chi connectivity index (χ1) is 12.9. The number of benzene rings is 1. The van der Waals surface area contributed by atoms with E-state index in [2.05, 4.69) is 17.3 Å². The predicted molar refractivity (Wildman–Crippen MR) is 106 cm³/mol. The van der Waals surface area contributed by atoms with E-state index in [1.165, 1.54) is 0 Å². The summed E-state index contributed by atoms with van der Waals surface area (Å²) < 4.78 is 1.71. The Kier molecular flexibility index (Phi) is 5.63. The van der Waals surface area contributed by atoms with Gasteiger partial charge in [-0.25, -0.2) is 0 Å². The third-order valence-corrected chi connectivity index (χ3v) is 5.28. The minimum Gasteiger partial charge on any atom is -0.339 e. The van der Waals surface area contributed by atoms with Crippen LogP contribution in [0.1, 0.15) is 54.5 Å². The van der Waals surface area contributed by atoms with Crippen molar-refractivity contribution >= 4 is 17.5 Å². The fourth-order valence-electron chi connectivity index (χ4n) is 3.55. The number of para-hydroxylation sites is 1. The maximum atomic E-state index is 13.0. The van der Waals surface area contributed by atoms with Crippen LogP contribution in [0, 0.1) is 19.8 Å². The molecule has 0 saturated carbocycles. The zero-order valence-corrected chi connectivity index (χ0v) is 16.5. The van der Waals surface area contributed by atoms with Crippen LogP contribution < -0.4 is 5.32 Å². The molecule has 144 valence electrons. The Morgan fingerprint density at radius 1 is 1.19 bits per heavy atom. The third kappa shape index (κ3) is 4.21. The minimum atomic E-state index is -0.460. The number of likely N-dealkylation sites (tertiary alicyclic amines) is 1. The Morgan fingerprint density at radius 2 is 1.85 bits per heavy atom. The molecule has 0 aliphatic carbocycles. The number of rotatable bonds is 4.